The summed E-state index contributed by atoms with van der Waals surface area (Å²) < 4.78 is 27.7. The lowest BCUT2D eigenvalue weighted by atomic mass is 10.1. The molecule has 2 rings (SSSR count). The molecule has 1 atom stereocenters. The molecule has 0 unspecified atom stereocenters. The number of para-hydroxylation sites is 1. The van der Waals surface area contributed by atoms with Crippen LogP contribution >= 0.6 is 0 Å². The molecule has 0 bridgehead atoms. The predicted octanol–water partition coefficient (Wildman–Crippen LogP) is 2.22. The van der Waals surface area contributed by atoms with Crippen LogP contribution in [0.2, 0.25) is 0 Å². The zero-order valence-electron chi connectivity index (χ0n) is 13.2. The Morgan fingerprint density at radius 3 is 2.38 bits per heavy atom. The van der Waals surface area contributed by atoms with Crippen LogP contribution < -0.4 is 4.72 Å². The van der Waals surface area contributed by atoms with E-state index in [1.165, 1.54) is 12.1 Å². The van der Waals surface area contributed by atoms with Crippen LogP contribution in [0.15, 0.2) is 71.6 Å². The van der Waals surface area contributed by atoms with E-state index in [1.807, 2.05) is 30.3 Å². The molecular formula is C18H21NO4S. The molecule has 0 saturated heterocycles. The van der Waals surface area contributed by atoms with E-state index in [4.69, 9.17) is 5.11 Å². The van der Waals surface area contributed by atoms with E-state index in [1.54, 1.807) is 24.3 Å². The van der Waals surface area contributed by atoms with Gasteiger partial charge in [0.15, 0.2) is 0 Å². The monoisotopic (exact) mass is 347 g/mol. The normalized spacial score (nSPS) is 13.2. The molecule has 3 N–H and O–H groups in total. The topological polar surface area (TPSA) is 86.6 Å². The molecule has 5 nitrogen and oxygen atoms in total. The number of hydrogen-bond acceptors (Lipinski definition) is 4. The fraction of sp³-hybridized carbons (Fsp3) is 0.222. The number of sulfonamides is 1. The van der Waals surface area contributed by atoms with Crippen molar-refractivity contribution in [2.75, 3.05) is 6.61 Å². The number of nitrogens with one attached hydrogen (secondary N) is 1. The lowest BCUT2D eigenvalue weighted by Gasteiger charge is -2.16. The standard InChI is InChI=1S/C18H21NO4S/c20-13-7-6-10-16(14-15-8-2-1-3-9-15)19-24(22,23)18-12-5-4-11-17(18)21/h1-6,8-12,16,19-21H,7,13-14H2/b10-6-/t16-/m1/s1. The zero-order valence-corrected chi connectivity index (χ0v) is 14.0. The molecule has 6 heteroatoms. The van der Waals surface area contributed by atoms with E-state index < -0.39 is 16.1 Å². The third kappa shape index (κ3) is 5.19. The van der Waals surface area contributed by atoms with E-state index in [0.29, 0.717) is 12.8 Å². The third-order valence-electron chi connectivity index (χ3n) is 3.42. The molecule has 0 aliphatic rings. The summed E-state index contributed by atoms with van der Waals surface area (Å²) in [7, 11) is -3.86. The average molecular weight is 347 g/mol. The number of aliphatic hydroxyl groups is 1. The van der Waals surface area contributed by atoms with Crippen molar-refractivity contribution in [2.45, 2.75) is 23.8 Å². The first kappa shape index (κ1) is 18.2. The van der Waals surface area contributed by atoms with Crippen molar-refractivity contribution in [3.05, 3.63) is 72.3 Å². The highest BCUT2D eigenvalue weighted by Crippen LogP contribution is 2.22. The summed E-state index contributed by atoms with van der Waals surface area (Å²) in [5, 5.41) is 18.7. The Labute approximate surface area is 142 Å². The summed E-state index contributed by atoms with van der Waals surface area (Å²) in [5.74, 6) is -0.289. The van der Waals surface area contributed by atoms with Gasteiger partial charge in [-0.25, -0.2) is 13.1 Å². The van der Waals surface area contributed by atoms with Gasteiger partial charge >= 0.3 is 0 Å². The van der Waals surface area contributed by atoms with Gasteiger partial charge in [0.2, 0.25) is 10.0 Å². The summed E-state index contributed by atoms with van der Waals surface area (Å²) >= 11 is 0. The summed E-state index contributed by atoms with van der Waals surface area (Å²) in [6.07, 6.45) is 4.38. The fourth-order valence-electron chi connectivity index (χ4n) is 2.30. The van der Waals surface area contributed by atoms with Gasteiger partial charge in [0.05, 0.1) is 0 Å². The number of phenolic OH excluding ortho intramolecular Hbond substituents is 1. The van der Waals surface area contributed by atoms with E-state index in [9.17, 15) is 13.5 Å². The number of aromatic hydroxyl groups is 1. The second-order valence-corrected chi connectivity index (χ2v) is 7.01. The molecule has 24 heavy (non-hydrogen) atoms. The van der Waals surface area contributed by atoms with Gasteiger partial charge in [0.1, 0.15) is 10.6 Å². The quantitative estimate of drug-likeness (QED) is 0.639. The van der Waals surface area contributed by atoms with Crippen molar-refractivity contribution >= 4 is 10.0 Å². The minimum atomic E-state index is -3.86. The van der Waals surface area contributed by atoms with E-state index in [-0.39, 0.29) is 17.3 Å². The van der Waals surface area contributed by atoms with Crippen LogP contribution in [-0.2, 0) is 16.4 Å². The van der Waals surface area contributed by atoms with E-state index in [0.717, 1.165) is 5.56 Å². The molecule has 0 aliphatic carbocycles. The highest BCUT2D eigenvalue weighted by molar-refractivity contribution is 7.89. The molecule has 0 heterocycles. The number of benzene rings is 2. The lowest BCUT2D eigenvalue weighted by Crippen LogP contribution is -2.35. The maximum Gasteiger partial charge on any atom is 0.244 e. The third-order valence-corrected chi connectivity index (χ3v) is 4.96. The van der Waals surface area contributed by atoms with Crippen molar-refractivity contribution in [3.63, 3.8) is 0 Å². The van der Waals surface area contributed by atoms with Crippen LogP contribution in [0.1, 0.15) is 12.0 Å². The highest BCUT2D eigenvalue weighted by Gasteiger charge is 2.21. The predicted molar refractivity (Wildman–Crippen MR) is 93.2 cm³/mol. The number of rotatable bonds is 8. The Morgan fingerprint density at radius 2 is 1.71 bits per heavy atom. The molecule has 0 radical (unpaired) electrons. The maximum absolute atomic E-state index is 12.5. The van der Waals surface area contributed by atoms with Crippen LogP contribution in [0, 0.1) is 0 Å². The Kier molecular flexibility index (Phi) is 6.54. The number of phenols is 1. The molecule has 0 saturated carbocycles. The summed E-state index contributed by atoms with van der Waals surface area (Å²) in [5.41, 5.74) is 0.983. The van der Waals surface area contributed by atoms with Crippen LogP contribution in [0.4, 0.5) is 0 Å². The smallest absolute Gasteiger partial charge is 0.244 e. The Balaban J connectivity index is 2.22. The lowest BCUT2D eigenvalue weighted by molar-refractivity contribution is 0.302. The second kappa shape index (κ2) is 8.63. The summed E-state index contributed by atoms with van der Waals surface area (Å²) in [4.78, 5) is -0.154. The van der Waals surface area contributed by atoms with Gasteiger partial charge in [0, 0.05) is 12.6 Å². The van der Waals surface area contributed by atoms with Crippen molar-refractivity contribution in [1.82, 2.24) is 4.72 Å². The van der Waals surface area contributed by atoms with Crippen molar-refractivity contribution < 1.29 is 18.6 Å². The molecular weight excluding hydrogens is 326 g/mol. The van der Waals surface area contributed by atoms with E-state index in [2.05, 4.69) is 4.72 Å². The molecule has 2 aromatic carbocycles. The Hall–Kier alpha value is -2.15. The Bertz CT molecular complexity index is 773. The van der Waals surface area contributed by atoms with Crippen LogP contribution in [0.25, 0.3) is 0 Å². The molecule has 0 spiro atoms. The molecule has 0 fully saturated rings. The van der Waals surface area contributed by atoms with Crippen molar-refractivity contribution in [2.24, 2.45) is 0 Å². The summed E-state index contributed by atoms with van der Waals surface area (Å²) in [6.45, 7) is 0.000774. The van der Waals surface area contributed by atoms with Gasteiger partial charge in [0.25, 0.3) is 0 Å². The number of aliphatic hydroxyl groups excluding tert-OH is 1. The molecule has 0 amide bonds. The van der Waals surface area contributed by atoms with E-state index >= 15 is 0 Å². The van der Waals surface area contributed by atoms with Gasteiger partial charge in [-0.1, -0.05) is 54.6 Å². The SMILES string of the molecule is O=S(=O)(N[C@H](/C=C\CCO)Cc1ccccc1)c1ccccc1O. The van der Waals surface area contributed by atoms with Crippen LogP contribution in [0.3, 0.4) is 0 Å². The summed E-state index contributed by atoms with van der Waals surface area (Å²) in [6, 6.07) is 14.8. The van der Waals surface area contributed by atoms with Gasteiger partial charge in [-0.2, -0.15) is 0 Å². The largest absolute Gasteiger partial charge is 0.507 e. The molecule has 2 aromatic rings. The first-order valence-corrected chi connectivity index (χ1v) is 9.13. The van der Waals surface area contributed by atoms with Crippen LogP contribution in [0.5, 0.6) is 5.75 Å². The zero-order chi connectivity index (χ0) is 17.4. The molecule has 128 valence electrons. The van der Waals surface area contributed by atoms with Gasteiger partial charge in [-0.15, -0.1) is 0 Å². The fourth-order valence-corrected chi connectivity index (χ4v) is 3.59. The van der Waals surface area contributed by atoms with Crippen molar-refractivity contribution in [3.8, 4) is 5.75 Å². The first-order chi connectivity index (χ1) is 11.5. The molecule has 0 aromatic heterocycles. The minimum Gasteiger partial charge on any atom is -0.507 e. The number of hydrogen-bond donors (Lipinski definition) is 3. The Morgan fingerprint density at radius 1 is 1.04 bits per heavy atom. The van der Waals surface area contributed by atoms with Crippen molar-refractivity contribution in [1.29, 1.82) is 0 Å². The van der Waals surface area contributed by atoms with Gasteiger partial charge < -0.3 is 10.2 Å². The maximum atomic E-state index is 12.5. The van der Waals surface area contributed by atoms with Gasteiger partial charge in [-0.3, -0.25) is 0 Å². The van der Waals surface area contributed by atoms with Crippen LogP contribution in [-0.4, -0.2) is 31.3 Å². The second-order valence-electron chi connectivity index (χ2n) is 5.33. The minimum absolute atomic E-state index is 0.000774. The molecule has 0 aliphatic heterocycles. The van der Waals surface area contributed by atoms with Gasteiger partial charge in [-0.05, 0) is 30.5 Å². The highest BCUT2D eigenvalue weighted by atomic mass is 32.2. The first-order valence-electron chi connectivity index (χ1n) is 7.64. The average Bonchev–Trinajstić information content (AvgIpc) is 2.56.